The molecule has 0 unspecified atom stereocenters. The summed E-state index contributed by atoms with van der Waals surface area (Å²) < 4.78 is 10.7. The molecule has 2 aliphatic heterocycles. The van der Waals surface area contributed by atoms with E-state index in [1.807, 2.05) is 56.0 Å². The fourth-order valence-electron chi connectivity index (χ4n) is 3.64. The molecule has 3 rings (SSSR count). The van der Waals surface area contributed by atoms with E-state index in [2.05, 4.69) is 10.2 Å². The number of alkyl carbamates (subject to hydrolysis) is 1. The molecule has 0 aliphatic carbocycles. The van der Waals surface area contributed by atoms with Gasteiger partial charge >= 0.3 is 12.2 Å². The summed E-state index contributed by atoms with van der Waals surface area (Å²) in [5.41, 5.74) is 0.495. The molecule has 0 saturated carbocycles. The molecule has 27 heavy (non-hydrogen) atoms. The van der Waals surface area contributed by atoms with Crippen LogP contribution in [0.1, 0.15) is 32.8 Å². The van der Waals surface area contributed by atoms with Crippen LogP contribution in [0, 0.1) is 0 Å². The molecule has 2 bridgehead atoms. The van der Waals surface area contributed by atoms with Crippen LogP contribution in [0.25, 0.3) is 0 Å². The van der Waals surface area contributed by atoms with E-state index in [0.717, 1.165) is 25.1 Å². The first-order valence-corrected chi connectivity index (χ1v) is 9.50. The second-order valence-electron chi connectivity index (χ2n) is 8.16. The number of carbonyl (C=O) groups excluding carboxylic acids is 2. The zero-order valence-corrected chi connectivity index (χ0v) is 16.3. The molecule has 2 atom stereocenters. The van der Waals surface area contributed by atoms with Crippen molar-refractivity contribution < 1.29 is 19.1 Å². The number of amides is 2. The summed E-state index contributed by atoms with van der Waals surface area (Å²) in [6.45, 7) is 8.72. The molecule has 0 spiro atoms. The lowest BCUT2D eigenvalue weighted by atomic mass is 10.2. The van der Waals surface area contributed by atoms with Gasteiger partial charge in [0.25, 0.3) is 0 Å². The van der Waals surface area contributed by atoms with Crippen LogP contribution in [0.3, 0.4) is 0 Å². The minimum atomic E-state index is -0.470. The van der Waals surface area contributed by atoms with E-state index in [-0.39, 0.29) is 18.7 Å². The summed E-state index contributed by atoms with van der Waals surface area (Å²) in [4.78, 5) is 28.2. The van der Waals surface area contributed by atoms with Gasteiger partial charge in [0.1, 0.15) is 12.2 Å². The molecular weight excluding hydrogens is 346 g/mol. The first-order valence-electron chi connectivity index (χ1n) is 9.50. The topological polar surface area (TPSA) is 71.1 Å². The lowest BCUT2D eigenvalue weighted by Crippen LogP contribution is -2.51. The SMILES string of the molecule is CC(C)(C)OC(=O)N1C[C@@H]2C[C@H]1CN2CCNC(=O)OCc1ccccc1. The summed E-state index contributed by atoms with van der Waals surface area (Å²) >= 11 is 0. The Balaban J connectivity index is 1.34. The number of piperazine rings is 1. The fourth-order valence-corrected chi connectivity index (χ4v) is 3.64. The Morgan fingerprint density at radius 1 is 1.15 bits per heavy atom. The minimum absolute atomic E-state index is 0.204. The molecule has 0 radical (unpaired) electrons. The number of carbonyl (C=O) groups is 2. The Hall–Kier alpha value is -2.28. The second kappa shape index (κ2) is 8.17. The average Bonchev–Trinajstić information content (AvgIpc) is 3.20. The van der Waals surface area contributed by atoms with Crippen LogP contribution >= 0.6 is 0 Å². The second-order valence-corrected chi connectivity index (χ2v) is 8.16. The number of ether oxygens (including phenoxy) is 2. The van der Waals surface area contributed by atoms with Gasteiger partial charge in [-0.15, -0.1) is 0 Å². The van der Waals surface area contributed by atoms with Crippen molar-refractivity contribution in [2.75, 3.05) is 26.2 Å². The zero-order chi connectivity index (χ0) is 19.4. The summed E-state index contributed by atoms with van der Waals surface area (Å²) in [5.74, 6) is 0. The smallest absolute Gasteiger partial charge is 0.410 e. The highest BCUT2D eigenvalue weighted by molar-refractivity contribution is 5.69. The van der Waals surface area contributed by atoms with Crippen molar-refractivity contribution in [2.45, 2.75) is 51.5 Å². The van der Waals surface area contributed by atoms with E-state index in [4.69, 9.17) is 9.47 Å². The van der Waals surface area contributed by atoms with Gasteiger partial charge in [-0.3, -0.25) is 4.90 Å². The van der Waals surface area contributed by atoms with Gasteiger partial charge in [-0.1, -0.05) is 30.3 Å². The monoisotopic (exact) mass is 375 g/mol. The maximum Gasteiger partial charge on any atom is 0.410 e. The van der Waals surface area contributed by atoms with E-state index in [0.29, 0.717) is 19.1 Å². The van der Waals surface area contributed by atoms with Crippen molar-refractivity contribution in [3.8, 4) is 0 Å². The van der Waals surface area contributed by atoms with Crippen molar-refractivity contribution in [3.63, 3.8) is 0 Å². The predicted octanol–water partition coefficient (Wildman–Crippen LogP) is 2.61. The summed E-state index contributed by atoms with van der Waals surface area (Å²) in [5, 5.41) is 2.80. The summed E-state index contributed by atoms with van der Waals surface area (Å²) in [7, 11) is 0. The molecule has 2 aliphatic rings. The Kier molecular flexibility index (Phi) is 5.89. The number of benzene rings is 1. The van der Waals surface area contributed by atoms with Crippen LogP contribution in [0.4, 0.5) is 9.59 Å². The molecule has 2 saturated heterocycles. The van der Waals surface area contributed by atoms with Crippen molar-refractivity contribution in [2.24, 2.45) is 0 Å². The fraction of sp³-hybridized carbons (Fsp3) is 0.600. The molecule has 1 aromatic carbocycles. The van der Waals surface area contributed by atoms with Crippen LogP contribution in [-0.2, 0) is 16.1 Å². The highest BCUT2D eigenvalue weighted by Gasteiger charge is 2.46. The Morgan fingerprint density at radius 3 is 2.52 bits per heavy atom. The number of likely N-dealkylation sites (tertiary alicyclic amines) is 2. The highest BCUT2D eigenvalue weighted by Crippen LogP contribution is 2.31. The molecule has 148 valence electrons. The molecule has 1 N–H and O–H groups in total. The van der Waals surface area contributed by atoms with Gasteiger partial charge in [-0.2, -0.15) is 0 Å². The molecule has 2 fully saturated rings. The van der Waals surface area contributed by atoms with Crippen molar-refractivity contribution in [1.29, 1.82) is 0 Å². The van der Waals surface area contributed by atoms with Crippen LogP contribution in [-0.4, -0.2) is 65.9 Å². The molecule has 0 aromatic heterocycles. The van der Waals surface area contributed by atoms with Crippen molar-refractivity contribution in [1.82, 2.24) is 15.1 Å². The Labute approximate surface area is 160 Å². The van der Waals surface area contributed by atoms with Crippen LogP contribution in [0.2, 0.25) is 0 Å². The molecule has 2 heterocycles. The van der Waals surface area contributed by atoms with Crippen LogP contribution in [0.15, 0.2) is 30.3 Å². The standard InChI is InChI=1S/C20H29N3O4/c1-20(2,3)27-19(25)23-13-16-11-17(23)12-22(16)10-9-21-18(24)26-14-15-7-5-4-6-8-15/h4-8,16-17H,9-14H2,1-3H3,(H,21,24)/t16-,17-/m0/s1. The molecule has 7 nitrogen and oxygen atoms in total. The largest absolute Gasteiger partial charge is 0.445 e. The molecule has 7 heteroatoms. The average molecular weight is 375 g/mol. The van der Waals surface area contributed by atoms with Gasteiger partial charge in [-0.25, -0.2) is 9.59 Å². The van der Waals surface area contributed by atoms with E-state index < -0.39 is 11.7 Å². The zero-order valence-electron chi connectivity index (χ0n) is 16.3. The lowest BCUT2D eigenvalue weighted by molar-refractivity contribution is 0.0131. The van der Waals surface area contributed by atoms with Gasteiger partial charge in [0.15, 0.2) is 0 Å². The van der Waals surface area contributed by atoms with Crippen molar-refractivity contribution in [3.05, 3.63) is 35.9 Å². The normalized spacial score (nSPS) is 22.0. The number of hydrogen-bond donors (Lipinski definition) is 1. The quantitative estimate of drug-likeness (QED) is 0.857. The first-order chi connectivity index (χ1) is 12.8. The number of nitrogens with zero attached hydrogens (tertiary/aromatic N) is 2. The third-order valence-corrected chi connectivity index (χ3v) is 4.86. The maximum atomic E-state index is 12.3. The summed E-state index contributed by atoms with van der Waals surface area (Å²) in [6.07, 6.45) is 0.341. The van der Waals surface area contributed by atoms with Gasteiger partial charge in [0.05, 0.1) is 0 Å². The summed E-state index contributed by atoms with van der Waals surface area (Å²) in [6, 6.07) is 10.1. The van der Waals surface area contributed by atoms with Gasteiger partial charge in [-0.05, 0) is 32.8 Å². The van der Waals surface area contributed by atoms with Gasteiger partial charge < -0.3 is 19.7 Å². The van der Waals surface area contributed by atoms with Crippen LogP contribution in [0.5, 0.6) is 0 Å². The Morgan fingerprint density at radius 2 is 1.89 bits per heavy atom. The van der Waals surface area contributed by atoms with Gasteiger partial charge in [0.2, 0.25) is 0 Å². The molecule has 1 aromatic rings. The molecule has 2 amide bonds. The third kappa shape index (κ3) is 5.35. The van der Waals surface area contributed by atoms with E-state index in [1.54, 1.807) is 0 Å². The van der Waals surface area contributed by atoms with E-state index in [1.165, 1.54) is 0 Å². The minimum Gasteiger partial charge on any atom is -0.445 e. The van der Waals surface area contributed by atoms with Crippen molar-refractivity contribution >= 4 is 12.2 Å². The predicted molar refractivity (Wildman–Crippen MR) is 101 cm³/mol. The number of nitrogens with one attached hydrogen (secondary N) is 1. The van der Waals surface area contributed by atoms with E-state index in [9.17, 15) is 9.59 Å². The highest BCUT2D eigenvalue weighted by atomic mass is 16.6. The number of hydrogen-bond acceptors (Lipinski definition) is 5. The van der Waals surface area contributed by atoms with Crippen LogP contribution < -0.4 is 5.32 Å². The van der Waals surface area contributed by atoms with Gasteiger partial charge in [0, 0.05) is 38.3 Å². The number of rotatable bonds is 5. The Bertz CT molecular complexity index is 659. The maximum absolute atomic E-state index is 12.3. The molecular formula is C20H29N3O4. The first kappa shape index (κ1) is 19.5. The third-order valence-electron chi connectivity index (χ3n) is 4.86. The lowest BCUT2D eigenvalue weighted by Gasteiger charge is -2.35. The van der Waals surface area contributed by atoms with E-state index >= 15 is 0 Å². The number of fused-ring (bicyclic) bond motifs is 2.